The minimum absolute atomic E-state index is 0.0894. The van der Waals surface area contributed by atoms with Gasteiger partial charge < -0.3 is 10.2 Å². The Bertz CT molecular complexity index is 409. The van der Waals surface area contributed by atoms with E-state index in [1.54, 1.807) is 0 Å². The molecule has 2 saturated carbocycles. The molecule has 0 aromatic heterocycles. The van der Waals surface area contributed by atoms with Gasteiger partial charge in [-0.3, -0.25) is 9.59 Å². The first-order valence-corrected chi connectivity index (χ1v) is 8.24. The Kier molecular flexibility index (Phi) is 3.51. The largest absolute Gasteiger partial charge is 0.340 e. The molecule has 3 rings (SSSR count). The van der Waals surface area contributed by atoms with Crippen molar-refractivity contribution in [3.63, 3.8) is 0 Å². The van der Waals surface area contributed by atoms with Gasteiger partial charge in [0.25, 0.3) is 0 Å². The lowest BCUT2D eigenvalue weighted by Crippen LogP contribution is -2.70. The van der Waals surface area contributed by atoms with Crippen LogP contribution in [-0.4, -0.2) is 34.8 Å². The van der Waals surface area contributed by atoms with Crippen LogP contribution in [0.1, 0.15) is 58.8 Å². The second kappa shape index (κ2) is 5.05. The molecule has 0 radical (unpaired) electrons. The summed E-state index contributed by atoms with van der Waals surface area (Å²) in [5.41, 5.74) is -0.647. The van der Waals surface area contributed by atoms with Gasteiger partial charge in [0.15, 0.2) is 0 Å². The molecule has 1 N–H and O–H groups in total. The van der Waals surface area contributed by atoms with E-state index in [1.807, 2.05) is 18.7 Å². The molecule has 0 aromatic carbocycles. The van der Waals surface area contributed by atoms with Gasteiger partial charge in [-0.05, 0) is 43.9 Å². The fourth-order valence-electron chi connectivity index (χ4n) is 3.48. The number of hydrogen-bond donors (Lipinski definition) is 1. The van der Waals surface area contributed by atoms with Crippen LogP contribution in [0.5, 0.6) is 0 Å². The Hall–Kier alpha value is -1.06. The highest BCUT2D eigenvalue weighted by Crippen LogP contribution is 2.40. The first-order valence-electron chi connectivity index (χ1n) is 8.24. The lowest BCUT2D eigenvalue weighted by atomic mass is 9.86. The van der Waals surface area contributed by atoms with Crippen LogP contribution in [0.2, 0.25) is 0 Å². The van der Waals surface area contributed by atoms with E-state index in [2.05, 4.69) is 5.32 Å². The molecule has 1 saturated heterocycles. The monoisotopic (exact) mass is 278 g/mol. The number of hydrogen-bond acceptors (Lipinski definition) is 2. The van der Waals surface area contributed by atoms with Gasteiger partial charge in [-0.25, -0.2) is 0 Å². The quantitative estimate of drug-likeness (QED) is 0.808. The summed E-state index contributed by atoms with van der Waals surface area (Å²) in [7, 11) is 0. The standard InChI is InChI=1S/C16H26N2O2/c1-3-16(4-2)15(20)18(10-9-11-5-6-11)13(12-7-8-12)14(19)17-16/h11-13H,3-10H2,1-2H3,(H,17,19). The summed E-state index contributed by atoms with van der Waals surface area (Å²) in [6, 6.07) is -0.188. The maximum Gasteiger partial charge on any atom is 0.248 e. The maximum atomic E-state index is 12.9. The van der Waals surface area contributed by atoms with E-state index in [4.69, 9.17) is 0 Å². The molecule has 1 aliphatic heterocycles. The number of carbonyl (C=O) groups is 2. The van der Waals surface area contributed by atoms with Crippen molar-refractivity contribution in [1.82, 2.24) is 10.2 Å². The van der Waals surface area contributed by atoms with Crippen LogP contribution in [0.3, 0.4) is 0 Å². The zero-order chi connectivity index (χ0) is 14.3. The summed E-state index contributed by atoms with van der Waals surface area (Å²) in [5, 5.41) is 3.05. The second-order valence-electron chi connectivity index (χ2n) is 6.79. The predicted molar refractivity (Wildman–Crippen MR) is 77.0 cm³/mol. The van der Waals surface area contributed by atoms with Crippen molar-refractivity contribution in [2.45, 2.75) is 70.4 Å². The van der Waals surface area contributed by atoms with Gasteiger partial charge in [0.1, 0.15) is 11.6 Å². The molecule has 0 bridgehead atoms. The van der Waals surface area contributed by atoms with Gasteiger partial charge in [0.05, 0.1) is 0 Å². The van der Waals surface area contributed by atoms with Gasteiger partial charge in [-0.15, -0.1) is 0 Å². The third kappa shape index (κ3) is 2.33. The molecule has 1 heterocycles. The molecule has 1 unspecified atom stereocenters. The third-order valence-electron chi connectivity index (χ3n) is 5.39. The van der Waals surface area contributed by atoms with Gasteiger partial charge in [0, 0.05) is 6.54 Å². The summed E-state index contributed by atoms with van der Waals surface area (Å²) < 4.78 is 0. The normalized spacial score (nSPS) is 29.5. The summed E-state index contributed by atoms with van der Waals surface area (Å²) in [6.45, 7) is 4.77. The number of amides is 2. The van der Waals surface area contributed by atoms with Crippen LogP contribution in [0, 0.1) is 11.8 Å². The highest BCUT2D eigenvalue weighted by molar-refractivity contribution is 6.00. The number of nitrogens with one attached hydrogen (secondary N) is 1. The molecular weight excluding hydrogens is 252 g/mol. The van der Waals surface area contributed by atoms with Crippen molar-refractivity contribution in [1.29, 1.82) is 0 Å². The minimum Gasteiger partial charge on any atom is -0.340 e. The zero-order valence-electron chi connectivity index (χ0n) is 12.7. The number of nitrogens with zero attached hydrogens (tertiary/aromatic N) is 1. The minimum atomic E-state index is -0.647. The van der Waals surface area contributed by atoms with Gasteiger partial charge in [-0.2, -0.15) is 0 Å². The fourth-order valence-corrected chi connectivity index (χ4v) is 3.48. The van der Waals surface area contributed by atoms with E-state index >= 15 is 0 Å². The van der Waals surface area contributed by atoms with Crippen molar-refractivity contribution < 1.29 is 9.59 Å². The molecular formula is C16H26N2O2. The zero-order valence-corrected chi connectivity index (χ0v) is 12.7. The van der Waals surface area contributed by atoms with E-state index in [0.717, 1.165) is 31.7 Å². The summed E-state index contributed by atoms with van der Waals surface area (Å²) in [5.74, 6) is 1.46. The third-order valence-corrected chi connectivity index (χ3v) is 5.39. The SMILES string of the molecule is CCC1(CC)NC(=O)C(C2CC2)N(CCC2CC2)C1=O. The van der Waals surface area contributed by atoms with E-state index < -0.39 is 5.54 Å². The van der Waals surface area contributed by atoms with Crippen molar-refractivity contribution in [3.8, 4) is 0 Å². The topological polar surface area (TPSA) is 49.4 Å². The number of carbonyl (C=O) groups excluding carboxylic acids is 2. The molecule has 4 heteroatoms. The van der Waals surface area contributed by atoms with Gasteiger partial charge >= 0.3 is 0 Å². The molecule has 3 aliphatic rings. The average Bonchev–Trinajstić information content (AvgIpc) is 3.32. The van der Waals surface area contributed by atoms with Crippen LogP contribution < -0.4 is 5.32 Å². The van der Waals surface area contributed by atoms with Crippen molar-refractivity contribution in [3.05, 3.63) is 0 Å². The molecule has 3 fully saturated rings. The summed E-state index contributed by atoms with van der Waals surface area (Å²) in [4.78, 5) is 27.4. The Balaban J connectivity index is 1.81. The van der Waals surface area contributed by atoms with E-state index in [0.29, 0.717) is 18.8 Å². The molecule has 20 heavy (non-hydrogen) atoms. The predicted octanol–water partition coefficient (Wildman–Crippen LogP) is 2.08. The Morgan fingerprint density at radius 3 is 2.30 bits per heavy atom. The number of rotatable bonds is 6. The molecule has 2 aliphatic carbocycles. The van der Waals surface area contributed by atoms with Crippen LogP contribution >= 0.6 is 0 Å². The van der Waals surface area contributed by atoms with E-state index in [9.17, 15) is 9.59 Å². The summed E-state index contributed by atoms with van der Waals surface area (Å²) >= 11 is 0. The average molecular weight is 278 g/mol. The Morgan fingerprint density at radius 2 is 1.80 bits per heavy atom. The summed E-state index contributed by atoms with van der Waals surface area (Å²) in [6.07, 6.45) is 7.24. The molecule has 112 valence electrons. The highest BCUT2D eigenvalue weighted by Gasteiger charge is 2.53. The first-order chi connectivity index (χ1) is 9.61. The maximum absolute atomic E-state index is 12.9. The molecule has 1 atom stereocenters. The first kappa shape index (κ1) is 13.9. The van der Waals surface area contributed by atoms with Crippen molar-refractivity contribution in [2.24, 2.45) is 11.8 Å². The smallest absolute Gasteiger partial charge is 0.248 e. The fraction of sp³-hybridized carbons (Fsp3) is 0.875. The van der Waals surface area contributed by atoms with Gasteiger partial charge in [0.2, 0.25) is 11.8 Å². The van der Waals surface area contributed by atoms with Crippen LogP contribution in [-0.2, 0) is 9.59 Å². The van der Waals surface area contributed by atoms with Crippen LogP contribution in [0.15, 0.2) is 0 Å². The van der Waals surface area contributed by atoms with E-state index in [-0.39, 0.29) is 17.9 Å². The van der Waals surface area contributed by atoms with Crippen molar-refractivity contribution in [2.75, 3.05) is 6.54 Å². The lowest BCUT2D eigenvalue weighted by Gasteiger charge is -2.46. The molecule has 4 nitrogen and oxygen atoms in total. The van der Waals surface area contributed by atoms with Crippen molar-refractivity contribution >= 4 is 11.8 Å². The van der Waals surface area contributed by atoms with Crippen LogP contribution in [0.4, 0.5) is 0 Å². The van der Waals surface area contributed by atoms with E-state index in [1.165, 1.54) is 12.8 Å². The number of piperazine rings is 1. The Labute approximate surface area is 121 Å². The van der Waals surface area contributed by atoms with Gasteiger partial charge in [-0.1, -0.05) is 26.7 Å². The molecule has 0 aromatic rings. The molecule has 2 amide bonds. The van der Waals surface area contributed by atoms with Crippen LogP contribution in [0.25, 0.3) is 0 Å². The molecule has 0 spiro atoms. The lowest BCUT2D eigenvalue weighted by molar-refractivity contribution is -0.156. The second-order valence-corrected chi connectivity index (χ2v) is 6.79. The highest BCUT2D eigenvalue weighted by atomic mass is 16.2. The Morgan fingerprint density at radius 1 is 1.15 bits per heavy atom.